The summed E-state index contributed by atoms with van der Waals surface area (Å²) in [5.74, 6) is -2.09. The number of ether oxygens (including phenoxy) is 2. The number of aliphatic carboxylic acids is 1. The van der Waals surface area contributed by atoms with Crippen molar-refractivity contribution in [2.75, 3.05) is 19.8 Å². The van der Waals surface area contributed by atoms with Crippen LogP contribution in [-0.4, -0.2) is 63.1 Å². The molecule has 1 amide bonds. The van der Waals surface area contributed by atoms with E-state index in [9.17, 15) is 14.7 Å². The smallest absolute Gasteiger partial charge is 0.322 e. The van der Waals surface area contributed by atoms with Gasteiger partial charge in [-0.2, -0.15) is 0 Å². The first-order valence-electron chi connectivity index (χ1n) is 10.7. The number of nitrogens with zero attached hydrogens (tertiary/aromatic N) is 3. The minimum absolute atomic E-state index is 0.0638. The molecule has 1 aromatic carbocycles. The van der Waals surface area contributed by atoms with E-state index < -0.39 is 30.5 Å². The molecule has 176 valence electrons. The summed E-state index contributed by atoms with van der Waals surface area (Å²) in [6.07, 6.45) is 1.32. The van der Waals surface area contributed by atoms with Crippen molar-refractivity contribution in [2.24, 2.45) is 0 Å². The zero-order chi connectivity index (χ0) is 24.1. The van der Waals surface area contributed by atoms with Gasteiger partial charge in [0.05, 0.1) is 31.0 Å². The van der Waals surface area contributed by atoms with E-state index in [4.69, 9.17) is 14.6 Å². The number of hydrogen-bond donors (Lipinski definition) is 3. The van der Waals surface area contributed by atoms with Gasteiger partial charge in [0.1, 0.15) is 12.4 Å². The number of rotatable bonds is 7. The molecule has 3 aromatic rings. The fraction of sp³-hybridized carbons (Fsp3) is 0.292. The van der Waals surface area contributed by atoms with Crippen molar-refractivity contribution in [3.63, 3.8) is 0 Å². The number of carbonyl (C=O) groups is 2. The van der Waals surface area contributed by atoms with E-state index in [0.29, 0.717) is 13.2 Å². The number of hydrogen-bond acceptors (Lipinski definition) is 8. The standard InChI is InChI=1S/C24H24N4O6/c1-14-23(31)22(24(32)26-11-20(29)30)28-19(27-14)10-21-33-12-17(13-34-21)15-5-7-16(8-6-15)18-4-2-3-9-25-18/h2-9,17,21,31H,10-13H2,1H3,(H,26,32)(H,29,30)/t17-,21-. The highest BCUT2D eigenvalue weighted by Gasteiger charge is 2.26. The third-order valence-corrected chi connectivity index (χ3v) is 5.38. The van der Waals surface area contributed by atoms with Gasteiger partial charge >= 0.3 is 5.97 Å². The molecule has 0 atom stereocenters. The Morgan fingerprint density at radius 2 is 1.82 bits per heavy atom. The SMILES string of the molecule is Cc1nc(C[C@H]2OC[C@H](c3ccc(-c4ccccn4)cc3)CO2)nc(C(=O)NCC(=O)O)c1O. The largest absolute Gasteiger partial charge is 0.504 e. The molecule has 10 nitrogen and oxygen atoms in total. The maximum Gasteiger partial charge on any atom is 0.322 e. The van der Waals surface area contributed by atoms with Gasteiger partial charge in [0.25, 0.3) is 5.91 Å². The Morgan fingerprint density at radius 3 is 2.47 bits per heavy atom. The average molecular weight is 464 g/mol. The van der Waals surface area contributed by atoms with E-state index in [0.717, 1.165) is 16.8 Å². The molecule has 2 aromatic heterocycles. The normalized spacial score (nSPS) is 17.8. The summed E-state index contributed by atoms with van der Waals surface area (Å²) in [5, 5.41) is 21.0. The summed E-state index contributed by atoms with van der Waals surface area (Å²) < 4.78 is 11.7. The maximum absolute atomic E-state index is 12.2. The zero-order valence-corrected chi connectivity index (χ0v) is 18.5. The van der Waals surface area contributed by atoms with E-state index in [1.165, 1.54) is 6.92 Å². The molecule has 0 bridgehead atoms. The molecular formula is C24H24N4O6. The van der Waals surface area contributed by atoms with Crippen molar-refractivity contribution >= 4 is 11.9 Å². The van der Waals surface area contributed by atoms with Gasteiger partial charge in [0.15, 0.2) is 17.7 Å². The molecule has 0 radical (unpaired) electrons. The maximum atomic E-state index is 12.2. The van der Waals surface area contributed by atoms with Gasteiger partial charge in [0.2, 0.25) is 0 Å². The monoisotopic (exact) mass is 464 g/mol. The lowest BCUT2D eigenvalue weighted by Gasteiger charge is -2.29. The van der Waals surface area contributed by atoms with Gasteiger partial charge in [-0.05, 0) is 24.6 Å². The number of aromatic nitrogens is 3. The molecule has 0 saturated carbocycles. The number of pyridine rings is 1. The van der Waals surface area contributed by atoms with Gasteiger partial charge in [0, 0.05) is 17.7 Å². The van der Waals surface area contributed by atoms with E-state index in [1.54, 1.807) is 6.20 Å². The summed E-state index contributed by atoms with van der Waals surface area (Å²) >= 11 is 0. The Kier molecular flexibility index (Phi) is 7.09. The molecule has 1 saturated heterocycles. The number of carboxylic acid groups (broad SMARTS) is 1. The summed E-state index contributed by atoms with van der Waals surface area (Å²) in [7, 11) is 0. The quantitative estimate of drug-likeness (QED) is 0.478. The predicted octanol–water partition coefficient (Wildman–Crippen LogP) is 2.07. The molecule has 34 heavy (non-hydrogen) atoms. The van der Waals surface area contributed by atoms with Crippen LogP contribution in [0.5, 0.6) is 5.75 Å². The van der Waals surface area contributed by atoms with Crippen LogP contribution in [0.4, 0.5) is 0 Å². The fourth-order valence-electron chi connectivity index (χ4n) is 3.58. The van der Waals surface area contributed by atoms with Crippen LogP contribution in [0.1, 0.15) is 33.5 Å². The Morgan fingerprint density at radius 1 is 1.09 bits per heavy atom. The summed E-state index contributed by atoms with van der Waals surface area (Å²) in [6.45, 7) is 1.82. The lowest BCUT2D eigenvalue weighted by Crippen LogP contribution is -2.33. The summed E-state index contributed by atoms with van der Waals surface area (Å²) in [5.41, 5.74) is 2.94. The number of amides is 1. The van der Waals surface area contributed by atoms with Crippen LogP contribution >= 0.6 is 0 Å². The van der Waals surface area contributed by atoms with Crippen LogP contribution in [0.25, 0.3) is 11.3 Å². The Hall–Kier alpha value is -3.89. The van der Waals surface area contributed by atoms with Gasteiger partial charge in [-0.15, -0.1) is 0 Å². The summed E-state index contributed by atoms with van der Waals surface area (Å²) in [6, 6.07) is 13.9. The highest BCUT2D eigenvalue weighted by molar-refractivity contribution is 5.96. The van der Waals surface area contributed by atoms with E-state index in [2.05, 4.69) is 20.3 Å². The van der Waals surface area contributed by atoms with Crippen LogP contribution in [0, 0.1) is 6.92 Å². The first kappa shape index (κ1) is 23.3. The number of nitrogens with one attached hydrogen (secondary N) is 1. The first-order valence-corrected chi connectivity index (χ1v) is 10.7. The Balaban J connectivity index is 1.37. The van der Waals surface area contributed by atoms with Crippen LogP contribution in [0.15, 0.2) is 48.7 Å². The molecule has 0 unspecified atom stereocenters. The van der Waals surface area contributed by atoms with Crippen molar-refractivity contribution in [1.29, 1.82) is 0 Å². The second kappa shape index (κ2) is 10.4. The lowest BCUT2D eigenvalue weighted by molar-refractivity contribution is -0.186. The molecule has 1 aliphatic heterocycles. The molecule has 1 fully saturated rings. The van der Waals surface area contributed by atoms with Crippen LogP contribution < -0.4 is 5.32 Å². The minimum Gasteiger partial charge on any atom is -0.504 e. The second-order valence-electron chi connectivity index (χ2n) is 7.83. The number of aryl methyl sites for hydroxylation is 1. The van der Waals surface area contributed by atoms with E-state index in [-0.39, 0.29) is 29.6 Å². The van der Waals surface area contributed by atoms with Gasteiger partial charge < -0.3 is 25.0 Å². The predicted molar refractivity (Wildman–Crippen MR) is 120 cm³/mol. The molecule has 10 heteroatoms. The third-order valence-electron chi connectivity index (χ3n) is 5.38. The molecule has 3 N–H and O–H groups in total. The van der Waals surface area contributed by atoms with E-state index in [1.807, 2.05) is 42.5 Å². The number of aromatic hydroxyl groups is 1. The highest BCUT2D eigenvalue weighted by Crippen LogP contribution is 2.26. The van der Waals surface area contributed by atoms with Crippen molar-refractivity contribution in [3.05, 3.63) is 71.4 Å². The Labute approximate surface area is 195 Å². The number of carbonyl (C=O) groups excluding carboxylic acids is 1. The van der Waals surface area contributed by atoms with Crippen molar-refractivity contribution in [2.45, 2.75) is 25.6 Å². The van der Waals surface area contributed by atoms with Crippen molar-refractivity contribution in [1.82, 2.24) is 20.3 Å². The van der Waals surface area contributed by atoms with Crippen LogP contribution in [0.3, 0.4) is 0 Å². The zero-order valence-electron chi connectivity index (χ0n) is 18.5. The average Bonchev–Trinajstić information content (AvgIpc) is 2.86. The summed E-state index contributed by atoms with van der Waals surface area (Å²) in [4.78, 5) is 35.5. The number of benzene rings is 1. The molecule has 4 rings (SSSR count). The second-order valence-corrected chi connectivity index (χ2v) is 7.83. The first-order chi connectivity index (χ1) is 16.4. The number of carboxylic acids is 1. The third kappa shape index (κ3) is 5.53. The van der Waals surface area contributed by atoms with Gasteiger partial charge in [-0.3, -0.25) is 14.6 Å². The molecular weight excluding hydrogens is 440 g/mol. The van der Waals surface area contributed by atoms with E-state index >= 15 is 0 Å². The van der Waals surface area contributed by atoms with Gasteiger partial charge in [-0.25, -0.2) is 9.97 Å². The molecule has 1 aliphatic rings. The molecule has 3 heterocycles. The fourth-order valence-corrected chi connectivity index (χ4v) is 3.58. The highest BCUT2D eigenvalue weighted by atomic mass is 16.7. The molecule has 0 aliphatic carbocycles. The topological polar surface area (TPSA) is 144 Å². The minimum atomic E-state index is -1.20. The van der Waals surface area contributed by atoms with Crippen LogP contribution in [-0.2, 0) is 20.7 Å². The molecule has 0 spiro atoms. The van der Waals surface area contributed by atoms with Crippen molar-refractivity contribution < 1.29 is 29.3 Å². The Bertz CT molecular complexity index is 1160. The van der Waals surface area contributed by atoms with Crippen LogP contribution in [0.2, 0.25) is 0 Å². The van der Waals surface area contributed by atoms with Crippen molar-refractivity contribution in [3.8, 4) is 17.0 Å². The van der Waals surface area contributed by atoms with Gasteiger partial charge in [-0.1, -0.05) is 30.3 Å². The lowest BCUT2D eigenvalue weighted by atomic mass is 9.98.